The quantitative estimate of drug-likeness (QED) is 0.507. The summed E-state index contributed by atoms with van der Waals surface area (Å²) in [4.78, 5) is 18.2. The average molecular weight is 384 g/mol. The van der Waals surface area contributed by atoms with Gasteiger partial charge in [-0.1, -0.05) is 30.5 Å². The Morgan fingerprint density at radius 2 is 1.78 bits per heavy atom. The normalized spacial score (nSPS) is 11.9. The lowest BCUT2D eigenvalue weighted by molar-refractivity contribution is -0.148. The van der Waals surface area contributed by atoms with E-state index < -0.39 is 5.41 Å². The van der Waals surface area contributed by atoms with Crippen LogP contribution in [0.25, 0.3) is 21.5 Å². The van der Waals surface area contributed by atoms with Gasteiger partial charge in [0, 0.05) is 10.3 Å². The molecule has 27 heavy (non-hydrogen) atoms. The molecular weight excluding hydrogens is 354 g/mol. The van der Waals surface area contributed by atoms with E-state index in [1.807, 2.05) is 20.8 Å². The highest BCUT2D eigenvalue weighted by Gasteiger charge is 2.34. The highest BCUT2D eigenvalue weighted by molar-refractivity contribution is 7.19. The summed E-state index contributed by atoms with van der Waals surface area (Å²) < 4.78 is 5.29. The van der Waals surface area contributed by atoms with E-state index in [4.69, 9.17) is 4.74 Å². The van der Waals surface area contributed by atoms with Gasteiger partial charge < -0.3 is 9.72 Å². The summed E-state index contributed by atoms with van der Waals surface area (Å²) in [5, 5.41) is 1.24. The number of aryl methyl sites for hydroxylation is 3. The number of carbonyl (C=O) groups excluding carboxylic acids is 1. The standard InChI is InChI=1S/C23H29NO2S/c1-7-9-17-18-13-19(23(5,6)22(25)26-8-2)27-21(18)24-20(17)16-11-14(3)10-15(4)12-16/h10-13,24H,7-9H2,1-6H3. The molecule has 3 aromatic rings. The van der Waals surface area contributed by atoms with Gasteiger partial charge in [0.15, 0.2) is 0 Å². The molecule has 1 N–H and O–H groups in total. The monoisotopic (exact) mass is 383 g/mol. The highest BCUT2D eigenvalue weighted by Crippen LogP contribution is 2.40. The third kappa shape index (κ3) is 3.68. The molecule has 0 atom stereocenters. The molecule has 0 fully saturated rings. The zero-order valence-electron chi connectivity index (χ0n) is 17.2. The third-order valence-electron chi connectivity index (χ3n) is 5.01. The van der Waals surface area contributed by atoms with Crippen molar-refractivity contribution in [2.24, 2.45) is 0 Å². The number of hydrogen-bond donors (Lipinski definition) is 1. The van der Waals surface area contributed by atoms with Crippen LogP contribution >= 0.6 is 11.3 Å². The molecule has 0 amide bonds. The van der Waals surface area contributed by atoms with Gasteiger partial charge in [-0.05, 0) is 70.4 Å². The van der Waals surface area contributed by atoms with Crippen LogP contribution in [0, 0.1) is 13.8 Å². The van der Waals surface area contributed by atoms with Crippen molar-refractivity contribution in [2.45, 2.75) is 59.8 Å². The van der Waals surface area contributed by atoms with Crippen LogP contribution < -0.4 is 0 Å². The lowest BCUT2D eigenvalue weighted by Crippen LogP contribution is -2.30. The molecule has 1 aromatic carbocycles. The molecule has 0 unspecified atom stereocenters. The van der Waals surface area contributed by atoms with E-state index in [-0.39, 0.29) is 5.97 Å². The number of aromatic amines is 1. The van der Waals surface area contributed by atoms with Crippen LogP contribution in [0.5, 0.6) is 0 Å². The Morgan fingerprint density at radius 3 is 2.37 bits per heavy atom. The fourth-order valence-corrected chi connectivity index (χ4v) is 4.81. The van der Waals surface area contributed by atoms with Crippen LogP contribution in [0.15, 0.2) is 24.3 Å². The minimum Gasteiger partial charge on any atom is -0.465 e. The molecule has 0 aliphatic carbocycles. The van der Waals surface area contributed by atoms with Crippen molar-refractivity contribution >= 4 is 27.5 Å². The van der Waals surface area contributed by atoms with Gasteiger partial charge in [0.25, 0.3) is 0 Å². The molecule has 3 rings (SSSR count). The highest BCUT2D eigenvalue weighted by atomic mass is 32.1. The average Bonchev–Trinajstić information content (AvgIpc) is 3.14. The van der Waals surface area contributed by atoms with Gasteiger partial charge in [0.2, 0.25) is 0 Å². The van der Waals surface area contributed by atoms with Crippen molar-refractivity contribution in [1.82, 2.24) is 4.98 Å². The van der Waals surface area contributed by atoms with Crippen molar-refractivity contribution in [1.29, 1.82) is 0 Å². The summed E-state index contributed by atoms with van der Waals surface area (Å²) in [6.45, 7) is 12.6. The molecule has 144 valence electrons. The fraction of sp³-hybridized carbons (Fsp3) is 0.435. The first-order chi connectivity index (χ1) is 12.8. The minimum atomic E-state index is -0.635. The largest absolute Gasteiger partial charge is 0.465 e. The van der Waals surface area contributed by atoms with Gasteiger partial charge in [-0.2, -0.15) is 0 Å². The summed E-state index contributed by atoms with van der Waals surface area (Å²) in [5.41, 5.74) is 5.71. The smallest absolute Gasteiger partial charge is 0.316 e. The summed E-state index contributed by atoms with van der Waals surface area (Å²) in [6, 6.07) is 8.87. The maximum atomic E-state index is 12.4. The molecule has 0 aliphatic rings. The Labute approximate surface area is 165 Å². The number of H-pyrrole nitrogens is 1. The molecule has 2 aromatic heterocycles. The second-order valence-corrected chi connectivity index (χ2v) is 8.86. The number of nitrogens with one attached hydrogen (secondary N) is 1. The maximum Gasteiger partial charge on any atom is 0.316 e. The topological polar surface area (TPSA) is 42.1 Å². The van der Waals surface area contributed by atoms with Crippen LogP contribution in [-0.4, -0.2) is 17.6 Å². The number of aromatic nitrogens is 1. The van der Waals surface area contributed by atoms with Crippen LogP contribution in [0.2, 0.25) is 0 Å². The van der Waals surface area contributed by atoms with Gasteiger partial charge in [-0.15, -0.1) is 11.3 Å². The van der Waals surface area contributed by atoms with Gasteiger partial charge in [-0.25, -0.2) is 0 Å². The van der Waals surface area contributed by atoms with E-state index in [0.717, 1.165) is 22.5 Å². The first-order valence-electron chi connectivity index (χ1n) is 9.68. The van der Waals surface area contributed by atoms with Crippen molar-refractivity contribution < 1.29 is 9.53 Å². The second-order valence-electron chi connectivity index (χ2n) is 7.80. The molecule has 0 saturated heterocycles. The summed E-state index contributed by atoms with van der Waals surface area (Å²) >= 11 is 1.67. The number of esters is 1. The predicted octanol–water partition coefficient (Wildman–Crippen LogP) is 6.31. The Hall–Kier alpha value is -2.07. The molecule has 4 heteroatoms. The lowest BCUT2D eigenvalue weighted by Gasteiger charge is -2.20. The van der Waals surface area contributed by atoms with Crippen molar-refractivity contribution in [3.63, 3.8) is 0 Å². The first-order valence-corrected chi connectivity index (χ1v) is 10.5. The minimum absolute atomic E-state index is 0.166. The molecule has 2 heterocycles. The Bertz CT molecular complexity index is 958. The van der Waals surface area contributed by atoms with Crippen LogP contribution in [0.1, 0.15) is 55.7 Å². The van der Waals surface area contributed by atoms with Crippen molar-refractivity contribution in [3.05, 3.63) is 45.8 Å². The molecule has 3 nitrogen and oxygen atoms in total. The summed E-state index contributed by atoms with van der Waals surface area (Å²) in [7, 11) is 0. The zero-order chi connectivity index (χ0) is 19.8. The SMILES string of the molecule is CCCc1c(-c2cc(C)cc(C)c2)[nH]c2sc(C(C)(C)C(=O)OCC)cc12. The number of thiophene rings is 1. The number of benzene rings is 1. The fourth-order valence-electron chi connectivity index (χ4n) is 3.63. The van der Waals surface area contributed by atoms with E-state index >= 15 is 0 Å². The van der Waals surface area contributed by atoms with Crippen LogP contribution in [0.3, 0.4) is 0 Å². The molecular formula is C23H29NO2S. The number of carbonyl (C=O) groups is 1. The van der Waals surface area contributed by atoms with Gasteiger partial charge in [0.1, 0.15) is 4.83 Å². The zero-order valence-corrected chi connectivity index (χ0v) is 18.0. The Balaban J connectivity index is 2.12. The van der Waals surface area contributed by atoms with E-state index in [1.165, 1.54) is 33.3 Å². The molecule has 0 spiro atoms. The maximum absolute atomic E-state index is 12.4. The van der Waals surface area contributed by atoms with Gasteiger partial charge in [0.05, 0.1) is 17.7 Å². The molecule has 0 saturated carbocycles. The van der Waals surface area contributed by atoms with E-state index in [1.54, 1.807) is 11.3 Å². The summed E-state index contributed by atoms with van der Waals surface area (Å²) in [6.07, 6.45) is 2.09. The van der Waals surface area contributed by atoms with Gasteiger partial charge >= 0.3 is 5.97 Å². The second kappa shape index (κ2) is 7.51. The third-order valence-corrected chi connectivity index (χ3v) is 6.38. The van der Waals surface area contributed by atoms with E-state index in [2.05, 4.69) is 50.0 Å². The lowest BCUT2D eigenvalue weighted by atomic mass is 9.91. The van der Waals surface area contributed by atoms with Crippen molar-refractivity contribution in [3.8, 4) is 11.3 Å². The van der Waals surface area contributed by atoms with E-state index in [0.29, 0.717) is 6.61 Å². The van der Waals surface area contributed by atoms with Crippen LogP contribution in [0.4, 0.5) is 0 Å². The Kier molecular flexibility index (Phi) is 5.48. The summed E-state index contributed by atoms with van der Waals surface area (Å²) in [5.74, 6) is -0.166. The molecule has 0 bridgehead atoms. The number of rotatable bonds is 6. The van der Waals surface area contributed by atoms with E-state index in [9.17, 15) is 4.79 Å². The number of fused-ring (bicyclic) bond motifs is 1. The molecule has 0 radical (unpaired) electrons. The predicted molar refractivity (Wildman–Crippen MR) is 115 cm³/mol. The van der Waals surface area contributed by atoms with Crippen molar-refractivity contribution in [2.75, 3.05) is 6.61 Å². The Morgan fingerprint density at radius 1 is 1.11 bits per heavy atom. The number of hydrogen-bond acceptors (Lipinski definition) is 3. The molecule has 0 aliphatic heterocycles. The van der Waals surface area contributed by atoms with Crippen LogP contribution in [-0.2, 0) is 21.4 Å². The number of ether oxygens (including phenoxy) is 1. The van der Waals surface area contributed by atoms with Gasteiger partial charge in [-0.3, -0.25) is 4.79 Å². The first kappa shape index (κ1) is 19.7.